The number of carbonyl (C=O) groups excluding carboxylic acids is 1. The largest absolute Gasteiger partial charge is 0.479 e. The zero-order valence-electron chi connectivity index (χ0n) is 13.1. The van der Waals surface area contributed by atoms with Crippen LogP contribution < -0.4 is 5.32 Å². The molecule has 2 atom stereocenters. The fourth-order valence-corrected chi connectivity index (χ4v) is 3.30. The normalized spacial score (nSPS) is 25.6. The molecule has 1 fully saturated rings. The molecule has 0 aliphatic heterocycles. The van der Waals surface area contributed by atoms with Gasteiger partial charge in [-0.2, -0.15) is 0 Å². The molecule has 2 unspecified atom stereocenters. The number of rotatable bonds is 3. The summed E-state index contributed by atoms with van der Waals surface area (Å²) in [6, 6.07) is 0. The van der Waals surface area contributed by atoms with Crippen LogP contribution in [0.2, 0.25) is 0 Å². The van der Waals surface area contributed by atoms with Crippen molar-refractivity contribution in [2.24, 2.45) is 5.92 Å². The van der Waals surface area contributed by atoms with Crippen molar-refractivity contribution in [2.75, 3.05) is 0 Å². The van der Waals surface area contributed by atoms with Gasteiger partial charge in [0.25, 0.3) is 5.91 Å². The summed E-state index contributed by atoms with van der Waals surface area (Å²) >= 11 is 0. The summed E-state index contributed by atoms with van der Waals surface area (Å²) in [6.07, 6.45) is 3.12. The van der Waals surface area contributed by atoms with Crippen LogP contribution in [0.4, 0.5) is 0 Å². The van der Waals surface area contributed by atoms with Crippen molar-refractivity contribution in [1.82, 2.24) is 5.32 Å². The lowest BCUT2D eigenvalue weighted by Crippen LogP contribution is -2.60. The van der Waals surface area contributed by atoms with Crippen LogP contribution in [-0.4, -0.2) is 22.5 Å². The second kappa shape index (κ2) is 5.54. The third-order valence-corrected chi connectivity index (χ3v) is 4.81. The van der Waals surface area contributed by atoms with Gasteiger partial charge >= 0.3 is 5.97 Å². The van der Waals surface area contributed by atoms with Gasteiger partial charge in [0.2, 0.25) is 0 Å². The van der Waals surface area contributed by atoms with Crippen LogP contribution in [-0.2, 0) is 4.79 Å². The molecule has 2 N–H and O–H groups in total. The minimum absolute atomic E-state index is 0.0821. The maximum absolute atomic E-state index is 12.6. The summed E-state index contributed by atoms with van der Waals surface area (Å²) in [4.78, 5) is 24.4. The molecule has 1 heterocycles. The molecule has 0 radical (unpaired) electrons. The number of carbonyl (C=O) groups is 2. The van der Waals surface area contributed by atoms with Gasteiger partial charge < -0.3 is 14.8 Å². The van der Waals surface area contributed by atoms with E-state index in [4.69, 9.17) is 4.42 Å². The van der Waals surface area contributed by atoms with E-state index in [0.717, 1.165) is 24.8 Å². The van der Waals surface area contributed by atoms with E-state index >= 15 is 0 Å². The Morgan fingerprint density at radius 1 is 1.24 bits per heavy atom. The molecule has 1 amide bonds. The lowest BCUT2D eigenvalue weighted by atomic mass is 9.73. The second-order valence-corrected chi connectivity index (χ2v) is 6.09. The van der Waals surface area contributed by atoms with E-state index in [1.54, 1.807) is 13.8 Å². The summed E-state index contributed by atoms with van der Waals surface area (Å²) in [5.74, 6) is -0.150. The van der Waals surface area contributed by atoms with Gasteiger partial charge in [0, 0.05) is 5.56 Å². The zero-order valence-corrected chi connectivity index (χ0v) is 13.1. The maximum atomic E-state index is 12.6. The first-order valence-electron chi connectivity index (χ1n) is 7.42. The number of carboxylic acid groups (broad SMARTS) is 1. The van der Waals surface area contributed by atoms with Crippen LogP contribution in [0.15, 0.2) is 4.42 Å². The van der Waals surface area contributed by atoms with Crippen LogP contribution in [0.1, 0.15) is 60.0 Å². The van der Waals surface area contributed by atoms with E-state index in [-0.39, 0.29) is 11.8 Å². The van der Waals surface area contributed by atoms with Crippen LogP contribution >= 0.6 is 0 Å². The first-order chi connectivity index (χ1) is 9.79. The van der Waals surface area contributed by atoms with Gasteiger partial charge in [-0.15, -0.1) is 0 Å². The SMILES string of the molecule is Cc1oc(C)c(C(=O)NC2(C(=O)O)CCCCC2C)c1C. The molecular formula is C16H23NO4. The fraction of sp³-hybridized carbons (Fsp3) is 0.625. The predicted molar refractivity (Wildman–Crippen MR) is 78.4 cm³/mol. The maximum Gasteiger partial charge on any atom is 0.329 e. The fourth-order valence-electron chi connectivity index (χ4n) is 3.30. The van der Waals surface area contributed by atoms with Gasteiger partial charge in [0.1, 0.15) is 17.1 Å². The van der Waals surface area contributed by atoms with Crippen molar-refractivity contribution >= 4 is 11.9 Å². The number of amides is 1. The van der Waals surface area contributed by atoms with E-state index in [9.17, 15) is 14.7 Å². The summed E-state index contributed by atoms with van der Waals surface area (Å²) in [5, 5.41) is 12.5. The minimum Gasteiger partial charge on any atom is -0.479 e. The molecule has 1 aromatic rings. The number of aliphatic carboxylic acids is 1. The average Bonchev–Trinajstić information content (AvgIpc) is 2.65. The van der Waals surface area contributed by atoms with Crippen LogP contribution in [0.3, 0.4) is 0 Å². The standard InChI is InChI=1S/C16H23NO4/c1-9-7-5-6-8-16(9,15(19)20)17-14(18)13-10(2)11(3)21-12(13)4/h9H,5-8H2,1-4H3,(H,17,18)(H,19,20). The first-order valence-corrected chi connectivity index (χ1v) is 7.42. The topological polar surface area (TPSA) is 79.5 Å². The number of aryl methyl sites for hydroxylation is 2. The highest BCUT2D eigenvalue weighted by atomic mass is 16.4. The van der Waals surface area contributed by atoms with Crippen LogP contribution in [0, 0.1) is 26.7 Å². The molecular weight excluding hydrogens is 270 g/mol. The smallest absolute Gasteiger partial charge is 0.329 e. The number of carboxylic acids is 1. The van der Waals surface area contributed by atoms with Crippen molar-refractivity contribution in [3.05, 3.63) is 22.6 Å². The Morgan fingerprint density at radius 3 is 2.38 bits per heavy atom. The van der Waals surface area contributed by atoms with Gasteiger partial charge in [0.05, 0.1) is 5.56 Å². The molecule has 5 heteroatoms. The summed E-state index contributed by atoms with van der Waals surface area (Å²) in [7, 11) is 0. The number of hydrogen-bond donors (Lipinski definition) is 2. The van der Waals surface area contributed by atoms with Crippen LogP contribution in [0.5, 0.6) is 0 Å². The molecule has 1 saturated carbocycles. The Labute approximate surface area is 124 Å². The molecule has 0 saturated heterocycles. The Hall–Kier alpha value is -1.78. The lowest BCUT2D eigenvalue weighted by molar-refractivity contribution is -0.148. The lowest BCUT2D eigenvalue weighted by Gasteiger charge is -2.39. The second-order valence-electron chi connectivity index (χ2n) is 6.09. The van der Waals surface area contributed by atoms with Gasteiger partial charge in [-0.25, -0.2) is 4.79 Å². The molecule has 0 aromatic carbocycles. The quantitative estimate of drug-likeness (QED) is 0.898. The molecule has 1 aliphatic rings. The summed E-state index contributed by atoms with van der Waals surface area (Å²) in [5.41, 5.74) is 0.0687. The van der Waals surface area contributed by atoms with Crippen molar-refractivity contribution in [3.63, 3.8) is 0 Å². The Morgan fingerprint density at radius 2 is 1.90 bits per heavy atom. The van der Waals surface area contributed by atoms with Crippen LogP contribution in [0.25, 0.3) is 0 Å². The average molecular weight is 293 g/mol. The molecule has 5 nitrogen and oxygen atoms in total. The van der Waals surface area contributed by atoms with Gasteiger partial charge in [0.15, 0.2) is 0 Å². The molecule has 2 rings (SSSR count). The van der Waals surface area contributed by atoms with Crippen molar-refractivity contribution in [3.8, 4) is 0 Å². The highest BCUT2D eigenvalue weighted by Gasteiger charge is 2.46. The zero-order chi connectivity index (χ0) is 15.8. The third kappa shape index (κ3) is 2.57. The van der Waals surface area contributed by atoms with Gasteiger partial charge in [-0.3, -0.25) is 4.79 Å². The van der Waals surface area contributed by atoms with E-state index in [0.29, 0.717) is 23.5 Å². The Kier molecular flexibility index (Phi) is 4.12. The Balaban J connectivity index is 2.33. The predicted octanol–water partition coefficient (Wildman–Crippen LogP) is 2.97. The van der Waals surface area contributed by atoms with Crippen molar-refractivity contribution in [2.45, 2.75) is 58.9 Å². The van der Waals surface area contributed by atoms with Gasteiger partial charge in [-0.05, 0) is 39.5 Å². The Bertz CT molecular complexity index is 575. The molecule has 0 bridgehead atoms. The highest BCUT2D eigenvalue weighted by Crippen LogP contribution is 2.34. The first kappa shape index (κ1) is 15.6. The highest BCUT2D eigenvalue weighted by molar-refractivity contribution is 6.00. The molecule has 0 spiro atoms. The third-order valence-electron chi connectivity index (χ3n) is 4.81. The van der Waals surface area contributed by atoms with E-state index in [2.05, 4.69) is 5.32 Å². The monoisotopic (exact) mass is 293 g/mol. The molecule has 1 aromatic heterocycles. The summed E-state index contributed by atoms with van der Waals surface area (Å²) in [6.45, 7) is 7.24. The van der Waals surface area contributed by atoms with E-state index in [1.807, 2.05) is 13.8 Å². The van der Waals surface area contributed by atoms with E-state index < -0.39 is 11.5 Å². The number of nitrogens with one attached hydrogen (secondary N) is 1. The molecule has 116 valence electrons. The van der Waals surface area contributed by atoms with E-state index in [1.165, 1.54) is 0 Å². The minimum atomic E-state index is -1.17. The van der Waals surface area contributed by atoms with Crippen molar-refractivity contribution < 1.29 is 19.1 Å². The summed E-state index contributed by atoms with van der Waals surface area (Å²) < 4.78 is 5.47. The number of hydrogen-bond acceptors (Lipinski definition) is 3. The molecule has 1 aliphatic carbocycles. The van der Waals surface area contributed by atoms with Gasteiger partial charge in [-0.1, -0.05) is 19.8 Å². The van der Waals surface area contributed by atoms with Crippen molar-refractivity contribution in [1.29, 1.82) is 0 Å². The number of furan rings is 1. The molecule has 21 heavy (non-hydrogen) atoms.